The van der Waals surface area contributed by atoms with Crippen LogP contribution in [0.25, 0.3) is 0 Å². The van der Waals surface area contributed by atoms with Crippen LogP contribution in [0.2, 0.25) is 0 Å². The van der Waals surface area contributed by atoms with Gasteiger partial charge in [-0.2, -0.15) is 0 Å². The third-order valence-electron chi connectivity index (χ3n) is 3.49. The van der Waals surface area contributed by atoms with E-state index in [2.05, 4.69) is 34.5 Å². The van der Waals surface area contributed by atoms with Gasteiger partial charge in [0.25, 0.3) is 0 Å². The molecular formula is C16H12INO2. The fourth-order valence-electron chi connectivity index (χ4n) is 2.58. The molecule has 0 aliphatic heterocycles. The minimum Gasteiger partial charge on any atom is -0.288 e. The summed E-state index contributed by atoms with van der Waals surface area (Å²) in [6.07, 6.45) is 3.39. The molecular weight excluding hydrogens is 365 g/mol. The number of benzene rings is 1. The maximum absolute atomic E-state index is 12.7. The fraction of sp³-hybridized carbons (Fsp3) is 0.188. The lowest BCUT2D eigenvalue weighted by Crippen LogP contribution is -2.24. The number of hydrogen-bond donors (Lipinski definition) is 0. The number of pyridine rings is 1. The van der Waals surface area contributed by atoms with Gasteiger partial charge in [-0.3, -0.25) is 14.6 Å². The van der Waals surface area contributed by atoms with E-state index in [1.807, 2.05) is 0 Å². The first-order chi connectivity index (χ1) is 9.65. The second-order valence-corrected chi connectivity index (χ2v) is 5.92. The highest BCUT2D eigenvalue weighted by Crippen LogP contribution is 2.30. The summed E-state index contributed by atoms with van der Waals surface area (Å²) in [5.74, 6) is -0.228. The van der Waals surface area contributed by atoms with Gasteiger partial charge < -0.3 is 0 Å². The molecule has 0 bridgehead atoms. The zero-order valence-corrected chi connectivity index (χ0v) is 13.1. The Morgan fingerprint density at radius 1 is 1.10 bits per heavy atom. The van der Waals surface area contributed by atoms with Gasteiger partial charge in [0, 0.05) is 20.9 Å². The number of halogens is 1. The Morgan fingerprint density at radius 3 is 2.40 bits per heavy atom. The van der Waals surface area contributed by atoms with E-state index in [0.717, 1.165) is 22.0 Å². The van der Waals surface area contributed by atoms with Crippen LogP contribution in [-0.2, 0) is 6.42 Å². The Labute approximate surface area is 130 Å². The molecule has 20 heavy (non-hydrogen) atoms. The molecule has 0 spiro atoms. The average molecular weight is 377 g/mol. The molecule has 4 heteroatoms. The van der Waals surface area contributed by atoms with Crippen LogP contribution in [0.5, 0.6) is 0 Å². The van der Waals surface area contributed by atoms with E-state index in [0.29, 0.717) is 22.4 Å². The molecule has 1 aliphatic rings. The lowest BCUT2D eigenvalue weighted by Gasteiger charge is -2.20. The number of carbonyl (C=O) groups is 2. The average Bonchev–Trinajstić information content (AvgIpc) is 2.47. The van der Waals surface area contributed by atoms with Crippen molar-refractivity contribution in [2.45, 2.75) is 19.8 Å². The molecule has 0 radical (unpaired) electrons. The molecule has 0 unspecified atom stereocenters. The second-order valence-electron chi connectivity index (χ2n) is 4.76. The number of fused-ring (bicyclic) bond motifs is 2. The second kappa shape index (κ2) is 5.09. The number of ketones is 2. The van der Waals surface area contributed by atoms with Gasteiger partial charge in [-0.05, 0) is 34.6 Å². The monoisotopic (exact) mass is 377 g/mol. The van der Waals surface area contributed by atoms with Gasteiger partial charge in [-0.25, -0.2) is 0 Å². The van der Waals surface area contributed by atoms with Crippen molar-refractivity contribution in [3.8, 4) is 0 Å². The summed E-state index contributed by atoms with van der Waals surface area (Å²) in [5, 5.41) is 0. The molecule has 100 valence electrons. The predicted molar refractivity (Wildman–Crippen MR) is 84.3 cm³/mol. The van der Waals surface area contributed by atoms with Crippen molar-refractivity contribution in [3.05, 3.63) is 62.0 Å². The number of hydrogen-bond acceptors (Lipinski definition) is 3. The quantitative estimate of drug-likeness (QED) is 0.643. The Bertz CT molecular complexity index is 737. The third kappa shape index (κ3) is 1.90. The van der Waals surface area contributed by atoms with E-state index >= 15 is 0 Å². The van der Waals surface area contributed by atoms with Crippen LogP contribution in [0, 0.1) is 3.57 Å². The SMILES string of the molecule is CCCc1c(I)cnc2c1C(=O)c1ccccc1C2=O. The van der Waals surface area contributed by atoms with E-state index in [-0.39, 0.29) is 11.6 Å². The van der Waals surface area contributed by atoms with Gasteiger partial charge in [0.15, 0.2) is 5.78 Å². The summed E-state index contributed by atoms with van der Waals surface area (Å²) in [6.45, 7) is 2.06. The summed E-state index contributed by atoms with van der Waals surface area (Å²) in [7, 11) is 0. The molecule has 0 saturated carbocycles. The summed E-state index contributed by atoms with van der Waals surface area (Å²) >= 11 is 2.18. The zero-order valence-electron chi connectivity index (χ0n) is 10.9. The van der Waals surface area contributed by atoms with Gasteiger partial charge in [-0.1, -0.05) is 37.6 Å². The van der Waals surface area contributed by atoms with Crippen molar-refractivity contribution >= 4 is 34.2 Å². The molecule has 0 saturated heterocycles. The molecule has 0 fully saturated rings. The van der Waals surface area contributed by atoms with Crippen LogP contribution < -0.4 is 0 Å². The van der Waals surface area contributed by atoms with E-state index < -0.39 is 0 Å². The highest BCUT2D eigenvalue weighted by atomic mass is 127. The van der Waals surface area contributed by atoms with Crippen LogP contribution in [0.1, 0.15) is 50.9 Å². The van der Waals surface area contributed by atoms with Crippen molar-refractivity contribution in [1.29, 1.82) is 0 Å². The normalized spacial score (nSPS) is 13.1. The highest BCUT2D eigenvalue weighted by molar-refractivity contribution is 14.1. The van der Waals surface area contributed by atoms with Gasteiger partial charge in [0.1, 0.15) is 5.69 Å². The molecule has 2 aromatic rings. The number of rotatable bonds is 2. The van der Waals surface area contributed by atoms with E-state index in [9.17, 15) is 9.59 Å². The van der Waals surface area contributed by atoms with Gasteiger partial charge in [0.2, 0.25) is 5.78 Å². The van der Waals surface area contributed by atoms with Crippen molar-refractivity contribution in [1.82, 2.24) is 4.98 Å². The first-order valence-corrected chi connectivity index (χ1v) is 7.58. The molecule has 1 aliphatic carbocycles. The van der Waals surface area contributed by atoms with Crippen molar-refractivity contribution < 1.29 is 9.59 Å². The highest BCUT2D eigenvalue weighted by Gasteiger charge is 2.33. The third-order valence-corrected chi connectivity index (χ3v) is 4.42. The lowest BCUT2D eigenvalue weighted by atomic mass is 9.84. The van der Waals surface area contributed by atoms with Crippen molar-refractivity contribution in [2.24, 2.45) is 0 Å². The van der Waals surface area contributed by atoms with E-state index in [4.69, 9.17) is 0 Å². The van der Waals surface area contributed by atoms with E-state index in [1.54, 1.807) is 30.5 Å². The maximum Gasteiger partial charge on any atom is 0.212 e. The van der Waals surface area contributed by atoms with Crippen molar-refractivity contribution in [2.75, 3.05) is 0 Å². The molecule has 3 nitrogen and oxygen atoms in total. The number of aromatic nitrogens is 1. The minimum atomic E-state index is -0.149. The Balaban J connectivity index is 2.31. The standard InChI is InChI=1S/C16H12INO2/c1-2-5-11-12(17)8-18-14-13(11)15(19)9-6-3-4-7-10(9)16(14)20/h3-4,6-8H,2,5H2,1H3. The summed E-state index contributed by atoms with van der Waals surface area (Å²) in [6, 6.07) is 6.97. The number of nitrogens with zero attached hydrogens (tertiary/aromatic N) is 1. The topological polar surface area (TPSA) is 47.0 Å². The number of carbonyl (C=O) groups excluding carboxylic acids is 2. The van der Waals surface area contributed by atoms with E-state index in [1.165, 1.54) is 0 Å². The maximum atomic E-state index is 12.7. The van der Waals surface area contributed by atoms with Crippen LogP contribution in [0.3, 0.4) is 0 Å². The molecule has 1 heterocycles. The van der Waals surface area contributed by atoms with Crippen LogP contribution >= 0.6 is 22.6 Å². The molecule has 0 amide bonds. The largest absolute Gasteiger partial charge is 0.288 e. The smallest absolute Gasteiger partial charge is 0.212 e. The lowest BCUT2D eigenvalue weighted by molar-refractivity contribution is 0.0974. The Kier molecular flexibility index (Phi) is 3.41. The molecule has 0 N–H and O–H groups in total. The Hall–Kier alpha value is -1.56. The fourth-order valence-corrected chi connectivity index (χ4v) is 3.26. The molecule has 1 aromatic heterocycles. The predicted octanol–water partition coefficient (Wildman–Crippen LogP) is 3.41. The van der Waals surface area contributed by atoms with Crippen LogP contribution in [-0.4, -0.2) is 16.6 Å². The summed E-state index contributed by atoms with van der Waals surface area (Å²) in [4.78, 5) is 29.4. The first-order valence-electron chi connectivity index (χ1n) is 6.51. The van der Waals surface area contributed by atoms with Gasteiger partial charge in [0.05, 0.1) is 5.56 Å². The van der Waals surface area contributed by atoms with Crippen LogP contribution in [0.15, 0.2) is 30.5 Å². The van der Waals surface area contributed by atoms with Crippen molar-refractivity contribution in [3.63, 3.8) is 0 Å². The summed E-state index contributed by atoms with van der Waals surface area (Å²) < 4.78 is 0.948. The molecule has 1 aromatic carbocycles. The Morgan fingerprint density at radius 2 is 1.75 bits per heavy atom. The zero-order chi connectivity index (χ0) is 14.3. The minimum absolute atomic E-state index is 0.0790. The van der Waals surface area contributed by atoms with Crippen LogP contribution in [0.4, 0.5) is 0 Å². The van der Waals surface area contributed by atoms with Gasteiger partial charge >= 0.3 is 0 Å². The first kappa shape index (κ1) is 13.4. The molecule has 0 atom stereocenters. The molecule has 3 rings (SSSR count). The summed E-state index contributed by atoms with van der Waals surface area (Å²) in [5.41, 5.74) is 2.71. The van der Waals surface area contributed by atoms with Gasteiger partial charge in [-0.15, -0.1) is 0 Å².